The van der Waals surface area contributed by atoms with Gasteiger partial charge in [0.25, 0.3) is 11.8 Å². The number of aliphatic hydroxyl groups is 1. The van der Waals surface area contributed by atoms with Gasteiger partial charge in [-0.25, -0.2) is 9.37 Å². The molecule has 0 saturated carbocycles. The molecule has 1 unspecified atom stereocenters. The van der Waals surface area contributed by atoms with Crippen LogP contribution in [-0.4, -0.2) is 54.4 Å². The zero-order valence-electron chi connectivity index (χ0n) is 23.3. The van der Waals surface area contributed by atoms with E-state index in [4.69, 9.17) is 26.8 Å². The number of rotatable bonds is 9. The van der Waals surface area contributed by atoms with Gasteiger partial charge in [-0.1, -0.05) is 11.6 Å². The molecular formula is C29H29ClF4N4O5. The first-order chi connectivity index (χ1) is 20.0. The predicted octanol–water partition coefficient (Wildman–Crippen LogP) is 4.19. The number of pyridine rings is 1. The average Bonchev–Trinajstić information content (AvgIpc) is 3.35. The van der Waals surface area contributed by atoms with Gasteiger partial charge in [0.1, 0.15) is 5.82 Å². The SMILES string of the molecule is COc1cc(C(=O)NCC(O)(c2cc(C(C)(C)N)cc(-c3ccc(F)c(Cl)c3)n2)C(F)(F)F)ccc1O[C@@H]1CCNC1=O. The fourth-order valence-electron chi connectivity index (χ4n) is 4.31. The van der Waals surface area contributed by atoms with Gasteiger partial charge in [-0.15, -0.1) is 0 Å². The predicted molar refractivity (Wildman–Crippen MR) is 149 cm³/mol. The quantitative estimate of drug-likeness (QED) is 0.262. The molecule has 1 aromatic heterocycles. The molecule has 0 bridgehead atoms. The highest BCUT2D eigenvalue weighted by molar-refractivity contribution is 6.31. The Kier molecular flexibility index (Phi) is 8.91. The minimum atomic E-state index is -5.31. The molecule has 5 N–H and O–H groups in total. The number of alkyl halides is 3. The third kappa shape index (κ3) is 6.84. The Morgan fingerprint density at radius 3 is 2.47 bits per heavy atom. The lowest BCUT2D eigenvalue weighted by Gasteiger charge is -2.32. The number of halogens is 5. The molecule has 1 saturated heterocycles. The second kappa shape index (κ2) is 12.0. The third-order valence-electron chi connectivity index (χ3n) is 6.88. The van der Waals surface area contributed by atoms with Crippen molar-refractivity contribution in [3.05, 3.63) is 76.2 Å². The van der Waals surface area contributed by atoms with E-state index in [1.54, 1.807) is 13.8 Å². The number of benzene rings is 2. The number of aromatic nitrogens is 1. The molecule has 4 rings (SSSR count). The lowest BCUT2D eigenvalue weighted by molar-refractivity contribution is -0.265. The van der Waals surface area contributed by atoms with E-state index in [0.29, 0.717) is 13.0 Å². The van der Waals surface area contributed by atoms with E-state index < -0.39 is 47.4 Å². The van der Waals surface area contributed by atoms with E-state index in [9.17, 15) is 32.3 Å². The standard InChI is InChI=1S/C29H29ClF4N4O5/c1-27(2,35)17-12-20(15-4-6-19(31)18(30)10-15)38-24(13-17)28(41,29(32,33)34)14-37-25(39)16-5-7-21(23(11-16)42-3)43-22-8-9-36-26(22)40/h4-7,10-13,22,41H,8-9,14,35H2,1-3H3,(H,36,40)(H,37,39)/t22-,28?/m1/s1. The van der Waals surface area contributed by atoms with E-state index in [-0.39, 0.29) is 44.8 Å². The molecule has 0 radical (unpaired) electrons. The van der Waals surface area contributed by atoms with E-state index >= 15 is 0 Å². The van der Waals surface area contributed by atoms with Gasteiger partial charge in [-0.3, -0.25) is 9.59 Å². The number of amides is 2. The van der Waals surface area contributed by atoms with Crippen LogP contribution < -0.4 is 25.8 Å². The topological polar surface area (TPSA) is 136 Å². The average molecular weight is 625 g/mol. The maximum atomic E-state index is 14.5. The van der Waals surface area contributed by atoms with Gasteiger partial charge in [-0.05, 0) is 67.9 Å². The van der Waals surface area contributed by atoms with E-state index in [1.165, 1.54) is 43.5 Å². The number of nitrogens with zero attached hydrogens (tertiary/aromatic N) is 1. The van der Waals surface area contributed by atoms with Gasteiger partial charge in [0.15, 0.2) is 17.6 Å². The number of methoxy groups -OCH3 is 1. The minimum Gasteiger partial charge on any atom is -0.493 e. The van der Waals surface area contributed by atoms with Crippen molar-refractivity contribution in [1.82, 2.24) is 15.6 Å². The summed E-state index contributed by atoms with van der Waals surface area (Å²) in [7, 11) is 1.30. The van der Waals surface area contributed by atoms with Crippen LogP contribution in [0.2, 0.25) is 5.02 Å². The van der Waals surface area contributed by atoms with Crippen LogP contribution in [-0.2, 0) is 15.9 Å². The molecule has 1 aliphatic heterocycles. The normalized spacial score (nSPS) is 16.8. The summed E-state index contributed by atoms with van der Waals surface area (Å²) >= 11 is 5.88. The maximum Gasteiger partial charge on any atom is 0.424 e. The molecule has 14 heteroatoms. The summed E-state index contributed by atoms with van der Waals surface area (Å²) in [6.45, 7) is 2.21. The molecular weight excluding hydrogens is 596 g/mol. The van der Waals surface area contributed by atoms with Gasteiger partial charge in [-0.2, -0.15) is 13.2 Å². The van der Waals surface area contributed by atoms with Crippen LogP contribution in [0.4, 0.5) is 17.6 Å². The molecule has 3 aromatic rings. The van der Waals surface area contributed by atoms with Crippen molar-refractivity contribution in [3.63, 3.8) is 0 Å². The molecule has 2 amide bonds. The van der Waals surface area contributed by atoms with Crippen molar-refractivity contribution in [1.29, 1.82) is 0 Å². The number of carbonyl (C=O) groups is 2. The number of ether oxygens (including phenoxy) is 2. The van der Waals surface area contributed by atoms with Gasteiger partial charge in [0.2, 0.25) is 5.60 Å². The van der Waals surface area contributed by atoms with Crippen LogP contribution in [0.25, 0.3) is 11.3 Å². The van der Waals surface area contributed by atoms with Crippen LogP contribution in [0.3, 0.4) is 0 Å². The van der Waals surface area contributed by atoms with Crippen molar-refractivity contribution in [2.45, 2.75) is 43.7 Å². The highest BCUT2D eigenvalue weighted by atomic mass is 35.5. The summed E-state index contributed by atoms with van der Waals surface area (Å²) in [6.07, 6.45) is -5.64. The molecule has 2 atom stereocenters. The van der Waals surface area contributed by atoms with Crippen molar-refractivity contribution in [3.8, 4) is 22.8 Å². The summed E-state index contributed by atoms with van der Waals surface area (Å²) < 4.78 is 68.2. The van der Waals surface area contributed by atoms with E-state index in [0.717, 1.165) is 12.1 Å². The fraction of sp³-hybridized carbons (Fsp3) is 0.345. The molecule has 1 fully saturated rings. The first-order valence-electron chi connectivity index (χ1n) is 13.0. The molecule has 230 valence electrons. The van der Waals surface area contributed by atoms with Gasteiger partial charge < -0.3 is 30.9 Å². The molecule has 1 aliphatic rings. The summed E-state index contributed by atoms with van der Waals surface area (Å²) in [4.78, 5) is 28.9. The van der Waals surface area contributed by atoms with Crippen LogP contribution in [0.15, 0.2) is 48.5 Å². The number of nitrogens with two attached hydrogens (primary N) is 1. The fourth-order valence-corrected chi connectivity index (χ4v) is 4.49. The van der Waals surface area contributed by atoms with Crippen LogP contribution >= 0.6 is 11.6 Å². The summed E-state index contributed by atoms with van der Waals surface area (Å²) in [5, 5.41) is 15.6. The highest BCUT2D eigenvalue weighted by Crippen LogP contribution is 2.40. The lowest BCUT2D eigenvalue weighted by atomic mass is 9.89. The Balaban J connectivity index is 1.66. The molecule has 2 heterocycles. The highest BCUT2D eigenvalue weighted by Gasteiger charge is 2.56. The first kappa shape index (κ1) is 32.0. The van der Waals surface area contributed by atoms with Gasteiger partial charge >= 0.3 is 6.18 Å². The number of carbonyl (C=O) groups excluding carboxylic acids is 2. The van der Waals surface area contributed by atoms with E-state index in [2.05, 4.69) is 15.6 Å². The molecule has 0 spiro atoms. The first-order valence-corrected chi connectivity index (χ1v) is 13.4. The van der Waals surface area contributed by atoms with E-state index in [1.807, 2.05) is 0 Å². The molecule has 0 aliphatic carbocycles. The van der Waals surface area contributed by atoms with Crippen LogP contribution in [0.1, 0.15) is 41.9 Å². The number of hydrogen-bond donors (Lipinski definition) is 4. The van der Waals surface area contributed by atoms with Crippen LogP contribution in [0, 0.1) is 5.82 Å². The maximum absolute atomic E-state index is 14.5. The summed E-state index contributed by atoms with van der Waals surface area (Å²) in [5.74, 6) is -1.79. The van der Waals surface area contributed by atoms with Gasteiger partial charge in [0, 0.05) is 29.6 Å². The lowest BCUT2D eigenvalue weighted by Crippen LogP contribution is -2.51. The Morgan fingerprint density at radius 1 is 1.16 bits per heavy atom. The third-order valence-corrected chi connectivity index (χ3v) is 7.17. The molecule has 43 heavy (non-hydrogen) atoms. The Labute approximate surface area is 249 Å². The molecule has 2 aromatic carbocycles. The summed E-state index contributed by atoms with van der Waals surface area (Å²) in [5.41, 5.74) is 0.703. The smallest absolute Gasteiger partial charge is 0.424 e. The minimum absolute atomic E-state index is 0.0572. The van der Waals surface area contributed by atoms with Gasteiger partial charge in [0.05, 0.1) is 30.1 Å². The molecule has 9 nitrogen and oxygen atoms in total. The Hall–Kier alpha value is -3.94. The van der Waals surface area contributed by atoms with Crippen molar-refractivity contribution < 1.29 is 41.7 Å². The number of nitrogens with one attached hydrogen (secondary N) is 2. The number of hydrogen-bond acceptors (Lipinski definition) is 7. The largest absolute Gasteiger partial charge is 0.493 e. The second-order valence-corrected chi connectivity index (χ2v) is 11.0. The van der Waals surface area contributed by atoms with Crippen molar-refractivity contribution >= 4 is 23.4 Å². The zero-order valence-corrected chi connectivity index (χ0v) is 24.1. The zero-order chi connectivity index (χ0) is 31.7. The summed E-state index contributed by atoms with van der Waals surface area (Å²) in [6, 6.07) is 9.76. The Morgan fingerprint density at radius 2 is 1.88 bits per heavy atom. The second-order valence-electron chi connectivity index (χ2n) is 10.6. The monoisotopic (exact) mass is 624 g/mol. The van der Waals surface area contributed by atoms with Crippen molar-refractivity contribution in [2.75, 3.05) is 20.2 Å². The van der Waals surface area contributed by atoms with Crippen molar-refractivity contribution in [2.24, 2.45) is 5.73 Å². The van der Waals surface area contributed by atoms with Crippen LogP contribution in [0.5, 0.6) is 11.5 Å². The Bertz CT molecular complexity index is 1550.